The van der Waals surface area contributed by atoms with Crippen molar-refractivity contribution in [3.05, 3.63) is 16.6 Å². The number of aromatic nitrogens is 1. The molecule has 1 aromatic rings. The van der Waals surface area contributed by atoms with E-state index in [1.807, 2.05) is 5.51 Å². The van der Waals surface area contributed by atoms with E-state index in [-0.39, 0.29) is 0 Å². The first-order chi connectivity index (χ1) is 8.38. The topological polar surface area (TPSA) is 28.2 Å². The van der Waals surface area contributed by atoms with Crippen molar-refractivity contribution in [3.63, 3.8) is 0 Å². The smallest absolute Gasteiger partial charge is 0.0795 e. The highest BCUT2D eigenvalue weighted by Gasteiger charge is 2.18. The third-order valence-corrected chi connectivity index (χ3v) is 4.11. The van der Waals surface area contributed by atoms with E-state index in [1.54, 1.807) is 11.3 Å². The van der Waals surface area contributed by atoms with E-state index in [1.165, 1.54) is 51.0 Å². The summed E-state index contributed by atoms with van der Waals surface area (Å²) in [4.78, 5) is 6.90. The van der Waals surface area contributed by atoms with Crippen LogP contribution < -0.4 is 5.32 Å². The van der Waals surface area contributed by atoms with E-state index in [0.717, 1.165) is 6.54 Å². The van der Waals surface area contributed by atoms with Gasteiger partial charge in [0.2, 0.25) is 0 Å². The van der Waals surface area contributed by atoms with Crippen LogP contribution in [0.25, 0.3) is 0 Å². The van der Waals surface area contributed by atoms with E-state index in [9.17, 15) is 0 Å². The van der Waals surface area contributed by atoms with Crippen LogP contribution in [0.4, 0.5) is 0 Å². The average Bonchev–Trinajstić information content (AvgIpc) is 2.88. The molecule has 2 heterocycles. The van der Waals surface area contributed by atoms with E-state index < -0.39 is 0 Å². The molecule has 1 N–H and O–H groups in total. The summed E-state index contributed by atoms with van der Waals surface area (Å²) < 4.78 is 0. The van der Waals surface area contributed by atoms with Crippen molar-refractivity contribution < 1.29 is 0 Å². The Balaban J connectivity index is 1.62. The van der Waals surface area contributed by atoms with Crippen molar-refractivity contribution >= 4 is 11.3 Å². The van der Waals surface area contributed by atoms with Crippen molar-refractivity contribution in [3.8, 4) is 0 Å². The van der Waals surface area contributed by atoms with E-state index >= 15 is 0 Å². The molecular formula is C13H23N3S. The summed E-state index contributed by atoms with van der Waals surface area (Å²) in [6, 6.07) is 0.689. The molecule has 0 atom stereocenters. The summed E-state index contributed by atoms with van der Waals surface area (Å²) in [6.07, 6.45) is 5.22. The van der Waals surface area contributed by atoms with Gasteiger partial charge < -0.3 is 10.2 Å². The second-order valence-electron chi connectivity index (χ2n) is 4.83. The van der Waals surface area contributed by atoms with Crippen LogP contribution in [-0.4, -0.2) is 35.6 Å². The lowest BCUT2D eigenvalue weighted by Gasteiger charge is -2.32. The molecule has 3 nitrogen and oxygen atoms in total. The van der Waals surface area contributed by atoms with E-state index in [4.69, 9.17) is 0 Å². The first-order valence-corrected chi connectivity index (χ1v) is 7.65. The molecule has 96 valence electrons. The molecule has 0 radical (unpaired) electrons. The standard InChI is InChI=1S/C13H23N3S/c1-2-3-6-16-7-4-12(5-8-16)14-9-13-10-17-11-15-13/h10-12,14H,2-9H2,1H3. The summed E-state index contributed by atoms with van der Waals surface area (Å²) in [5.74, 6) is 0. The third-order valence-electron chi connectivity index (χ3n) is 3.47. The predicted molar refractivity (Wildman–Crippen MR) is 73.3 cm³/mol. The van der Waals surface area contributed by atoms with Crippen LogP contribution in [0.3, 0.4) is 0 Å². The molecule has 17 heavy (non-hydrogen) atoms. The number of nitrogens with one attached hydrogen (secondary N) is 1. The Bertz CT molecular complexity index is 292. The van der Waals surface area contributed by atoms with Gasteiger partial charge in [0.1, 0.15) is 0 Å². The quantitative estimate of drug-likeness (QED) is 0.844. The molecule has 0 aliphatic carbocycles. The molecule has 0 spiro atoms. The Labute approximate surface area is 108 Å². The van der Waals surface area contributed by atoms with Gasteiger partial charge in [-0.3, -0.25) is 0 Å². The fourth-order valence-corrected chi connectivity index (χ4v) is 2.87. The lowest BCUT2D eigenvalue weighted by molar-refractivity contribution is 0.195. The highest BCUT2D eigenvalue weighted by Crippen LogP contribution is 2.12. The van der Waals surface area contributed by atoms with Gasteiger partial charge in [-0.05, 0) is 38.9 Å². The largest absolute Gasteiger partial charge is 0.308 e. The Morgan fingerprint density at radius 1 is 1.47 bits per heavy atom. The molecule has 0 saturated carbocycles. The summed E-state index contributed by atoms with van der Waals surface area (Å²) >= 11 is 1.68. The van der Waals surface area contributed by atoms with Crippen molar-refractivity contribution in [2.45, 2.75) is 45.2 Å². The number of thiazole rings is 1. The molecule has 4 heteroatoms. The van der Waals surface area contributed by atoms with Gasteiger partial charge in [0, 0.05) is 18.0 Å². The maximum Gasteiger partial charge on any atom is 0.0795 e. The van der Waals surface area contributed by atoms with Crippen LogP contribution in [-0.2, 0) is 6.54 Å². The number of piperidine rings is 1. The number of nitrogens with zero attached hydrogens (tertiary/aromatic N) is 2. The highest BCUT2D eigenvalue weighted by atomic mass is 32.1. The summed E-state index contributed by atoms with van der Waals surface area (Å²) in [7, 11) is 0. The molecule has 0 aromatic carbocycles. The van der Waals surface area contributed by atoms with Crippen LogP contribution >= 0.6 is 11.3 Å². The minimum absolute atomic E-state index is 0.689. The molecule has 1 aliphatic rings. The summed E-state index contributed by atoms with van der Waals surface area (Å²) in [5, 5.41) is 5.75. The molecule has 1 aromatic heterocycles. The fraction of sp³-hybridized carbons (Fsp3) is 0.769. The van der Waals surface area contributed by atoms with Gasteiger partial charge in [-0.2, -0.15) is 0 Å². The fourth-order valence-electron chi connectivity index (χ4n) is 2.32. The van der Waals surface area contributed by atoms with Crippen LogP contribution in [0.5, 0.6) is 0 Å². The number of hydrogen-bond donors (Lipinski definition) is 1. The Morgan fingerprint density at radius 3 is 2.94 bits per heavy atom. The number of unbranched alkanes of at least 4 members (excludes halogenated alkanes) is 1. The molecule has 0 unspecified atom stereocenters. The molecule has 0 bridgehead atoms. The maximum absolute atomic E-state index is 4.30. The highest BCUT2D eigenvalue weighted by molar-refractivity contribution is 7.07. The summed E-state index contributed by atoms with van der Waals surface area (Å²) in [6.45, 7) is 7.00. The van der Waals surface area contributed by atoms with Crippen molar-refractivity contribution in [1.29, 1.82) is 0 Å². The molecular weight excluding hydrogens is 230 g/mol. The zero-order valence-electron chi connectivity index (χ0n) is 10.7. The van der Waals surface area contributed by atoms with Gasteiger partial charge in [0.05, 0.1) is 11.2 Å². The SMILES string of the molecule is CCCCN1CCC(NCc2cscn2)CC1. The van der Waals surface area contributed by atoms with Crippen molar-refractivity contribution in [2.75, 3.05) is 19.6 Å². The van der Waals surface area contributed by atoms with Crippen LogP contribution in [0.1, 0.15) is 38.3 Å². The lowest BCUT2D eigenvalue weighted by Crippen LogP contribution is -2.42. The van der Waals surface area contributed by atoms with E-state index in [2.05, 4.69) is 27.5 Å². The predicted octanol–water partition coefficient (Wildman–Crippen LogP) is 2.50. The second kappa shape index (κ2) is 7.09. The van der Waals surface area contributed by atoms with Crippen molar-refractivity contribution in [1.82, 2.24) is 15.2 Å². The van der Waals surface area contributed by atoms with Gasteiger partial charge in [-0.15, -0.1) is 11.3 Å². The Hall–Kier alpha value is -0.450. The molecule has 1 aliphatic heterocycles. The van der Waals surface area contributed by atoms with Crippen molar-refractivity contribution in [2.24, 2.45) is 0 Å². The lowest BCUT2D eigenvalue weighted by atomic mass is 10.0. The molecule has 2 rings (SSSR count). The van der Waals surface area contributed by atoms with Gasteiger partial charge in [0.15, 0.2) is 0 Å². The zero-order valence-corrected chi connectivity index (χ0v) is 11.5. The molecule has 1 saturated heterocycles. The number of likely N-dealkylation sites (tertiary alicyclic amines) is 1. The van der Waals surface area contributed by atoms with E-state index in [0.29, 0.717) is 6.04 Å². The Kier molecular flexibility index (Phi) is 5.42. The maximum atomic E-state index is 4.30. The minimum atomic E-state index is 0.689. The van der Waals surface area contributed by atoms with Crippen LogP contribution in [0.2, 0.25) is 0 Å². The third kappa shape index (κ3) is 4.37. The first-order valence-electron chi connectivity index (χ1n) is 6.71. The average molecular weight is 253 g/mol. The zero-order chi connectivity index (χ0) is 11.9. The number of hydrogen-bond acceptors (Lipinski definition) is 4. The minimum Gasteiger partial charge on any atom is -0.308 e. The molecule has 1 fully saturated rings. The normalized spacial score (nSPS) is 18.6. The first kappa shape index (κ1) is 13.0. The monoisotopic (exact) mass is 253 g/mol. The van der Waals surface area contributed by atoms with Gasteiger partial charge in [-0.1, -0.05) is 13.3 Å². The summed E-state index contributed by atoms with van der Waals surface area (Å²) in [5.41, 5.74) is 3.09. The Morgan fingerprint density at radius 2 is 2.29 bits per heavy atom. The van der Waals surface area contributed by atoms with Crippen LogP contribution in [0.15, 0.2) is 10.9 Å². The van der Waals surface area contributed by atoms with Gasteiger partial charge >= 0.3 is 0 Å². The number of rotatable bonds is 6. The van der Waals surface area contributed by atoms with Crippen LogP contribution in [0, 0.1) is 0 Å². The van der Waals surface area contributed by atoms with Gasteiger partial charge in [0.25, 0.3) is 0 Å². The molecule has 0 amide bonds. The second-order valence-corrected chi connectivity index (χ2v) is 5.55. The van der Waals surface area contributed by atoms with Gasteiger partial charge in [-0.25, -0.2) is 4.98 Å².